The Bertz CT molecular complexity index is 1800. The summed E-state index contributed by atoms with van der Waals surface area (Å²) in [4.78, 5) is 0.930. The van der Waals surface area contributed by atoms with Gasteiger partial charge in [-0.05, 0) is 63.1 Å². The molecule has 0 saturated heterocycles. The molecule has 2 atom stereocenters. The highest BCUT2D eigenvalue weighted by Crippen LogP contribution is 2.57. The van der Waals surface area contributed by atoms with Crippen molar-refractivity contribution in [1.29, 1.82) is 0 Å². The molecule has 0 unspecified atom stereocenters. The maximum Gasteiger partial charge on any atom is 0.258 e. The van der Waals surface area contributed by atoms with Gasteiger partial charge >= 0.3 is 0 Å². The van der Waals surface area contributed by atoms with Crippen LogP contribution in [0.4, 0.5) is 0 Å². The van der Waals surface area contributed by atoms with Crippen LogP contribution in [0.5, 0.6) is 28.7 Å². The Morgan fingerprint density at radius 1 is 0.640 bits per heavy atom. The molecule has 5 nitrogen and oxygen atoms in total. The Balaban J connectivity index is 1.36. The van der Waals surface area contributed by atoms with Gasteiger partial charge in [-0.1, -0.05) is 126 Å². The number of aromatic hydroxyl groups is 1. The van der Waals surface area contributed by atoms with E-state index in [1.54, 1.807) is 23.9 Å². The molecule has 1 N–H and O–H groups in total. The summed E-state index contributed by atoms with van der Waals surface area (Å²) in [5.74, 6) is 3.24. The number of fused-ring (bicyclic) bond motifs is 1. The molecular formula is C43H48O5SSi. The van der Waals surface area contributed by atoms with Crippen molar-refractivity contribution in [1.82, 2.24) is 0 Å². The summed E-state index contributed by atoms with van der Waals surface area (Å²) in [6.45, 7) is 14.7. The van der Waals surface area contributed by atoms with Crippen LogP contribution < -0.4 is 18.6 Å². The molecule has 0 spiro atoms. The number of benzene rings is 5. The van der Waals surface area contributed by atoms with Crippen LogP contribution in [0.2, 0.25) is 16.6 Å². The van der Waals surface area contributed by atoms with E-state index in [0.717, 1.165) is 38.6 Å². The second-order valence-corrected chi connectivity index (χ2v) is 20.5. The van der Waals surface area contributed by atoms with Crippen LogP contribution in [-0.2, 0) is 13.2 Å². The smallest absolute Gasteiger partial charge is 0.258 e. The summed E-state index contributed by atoms with van der Waals surface area (Å²) in [6.07, 6.45) is -0.332. The topological polar surface area (TPSA) is 57.2 Å². The lowest BCUT2D eigenvalue weighted by Crippen LogP contribution is -2.50. The predicted octanol–water partition coefficient (Wildman–Crippen LogP) is 12.1. The highest BCUT2D eigenvalue weighted by Gasteiger charge is 2.47. The van der Waals surface area contributed by atoms with Crippen molar-refractivity contribution in [3.05, 3.63) is 144 Å². The van der Waals surface area contributed by atoms with Crippen molar-refractivity contribution in [3.63, 3.8) is 0 Å². The number of rotatable bonds is 13. The van der Waals surface area contributed by atoms with Crippen molar-refractivity contribution in [2.75, 3.05) is 0 Å². The third-order valence-electron chi connectivity index (χ3n) is 9.69. The van der Waals surface area contributed by atoms with Crippen LogP contribution in [-0.4, -0.2) is 13.4 Å². The van der Waals surface area contributed by atoms with E-state index in [9.17, 15) is 5.11 Å². The third-order valence-corrected chi connectivity index (χ3v) is 17.1. The molecule has 0 bridgehead atoms. The van der Waals surface area contributed by atoms with Gasteiger partial charge in [-0.3, -0.25) is 0 Å². The average molecular weight is 705 g/mol. The molecule has 50 heavy (non-hydrogen) atoms. The maximum absolute atomic E-state index is 10.1. The summed E-state index contributed by atoms with van der Waals surface area (Å²) < 4.78 is 26.8. The summed E-state index contributed by atoms with van der Waals surface area (Å²) in [6, 6.07) is 40.2. The number of thioether (sulfide) groups is 1. The molecule has 0 saturated carbocycles. The van der Waals surface area contributed by atoms with Crippen molar-refractivity contribution < 1.29 is 23.7 Å². The lowest BCUT2D eigenvalue weighted by molar-refractivity contribution is 0.185. The van der Waals surface area contributed by atoms with Gasteiger partial charge in [0.1, 0.15) is 48.1 Å². The van der Waals surface area contributed by atoms with Gasteiger partial charge in [0.2, 0.25) is 0 Å². The fourth-order valence-electron chi connectivity index (χ4n) is 7.24. The highest BCUT2D eigenvalue weighted by molar-refractivity contribution is 7.99. The molecule has 0 aliphatic carbocycles. The second kappa shape index (κ2) is 15.7. The number of phenols is 1. The number of ether oxygens (including phenoxy) is 3. The van der Waals surface area contributed by atoms with Crippen molar-refractivity contribution in [2.24, 2.45) is 0 Å². The van der Waals surface area contributed by atoms with Gasteiger partial charge in [0.25, 0.3) is 8.32 Å². The SMILES string of the molecule is CC(C)[Si](Oc1ccc([C@@H]2Sc3c(OCc4ccccc4)cc(OCc4ccccc4)cc3O[C@@H]2c2ccc(O)cc2)cc1)(C(C)C)C(C)C. The minimum Gasteiger partial charge on any atom is -0.543 e. The van der Waals surface area contributed by atoms with E-state index in [2.05, 4.69) is 90.1 Å². The fourth-order valence-corrected chi connectivity index (χ4v) is 13.8. The summed E-state index contributed by atoms with van der Waals surface area (Å²) in [5, 5.41) is 10.0. The third kappa shape index (κ3) is 7.84. The van der Waals surface area contributed by atoms with E-state index < -0.39 is 8.32 Å². The fraction of sp³-hybridized carbons (Fsp3) is 0.302. The summed E-state index contributed by atoms with van der Waals surface area (Å²) in [5.41, 5.74) is 5.70. The average Bonchev–Trinajstić information content (AvgIpc) is 3.12. The molecular weight excluding hydrogens is 657 g/mol. The Morgan fingerprint density at radius 2 is 1.18 bits per heavy atom. The summed E-state index contributed by atoms with van der Waals surface area (Å²) >= 11 is 1.74. The molecule has 260 valence electrons. The van der Waals surface area contributed by atoms with E-state index >= 15 is 0 Å². The summed E-state index contributed by atoms with van der Waals surface area (Å²) in [7, 11) is -2.11. The van der Waals surface area contributed by atoms with Crippen molar-refractivity contribution in [3.8, 4) is 28.7 Å². The highest BCUT2D eigenvalue weighted by atomic mass is 32.2. The van der Waals surface area contributed by atoms with E-state index in [-0.39, 0.29) is 17.1 Å². The van der Waals surface area contributed by atoms with Gasteiger partial charge in [-0.2, -0.15) is 0 Å². The van der Waals surface area contributed by atoms with Crippen LogP contribution >= 0.6 is 11.8 Å². The second-order valence-electron chi connectivity index (χ2n) is 14.0. The van der Waals surface area contributed by atoms with Crippen LogP contribution in [0.3, 0.4) is 0 Å². The Kier molecular flexibility index (Phi) is 11.1. The van der Waals surface area contributed by atoms with Crippen LogP contribution in [0, 0.1) is 0 Å². The standard InChI is InChI=1S/C43H48O5SSi/c1-29(2)50(30(3)4,31(5)6)48-37-23-19-35(20-24-37)42-41(34-17-21-36(44)22-18-34)47-40-26-38(45-27-32-13-9-7-10-14-32)25-39(43(40)49-42)46-28-33-15-11-8-12-16-33/h7-26,29-31,41-42,44H,27-28H2,1-6H3/t41-,42+/m1/s1. The molecule has 1 heterocycles. The van der Waals surface area contributed by atoms with Crippen molar-refractivity contribution >= 4 is 20.1 Å². The van der Waals surface area contributed by atoms with Crippen LogP contribution in [0.25, 0.3) is 0 Å². The first-order valence-electron chi connectivity index (χ1n) is 17.6. The number of hydrogen-bond acceptors (Lipinski definition) is 6. The maximum atomic E-state index is 10.1. The Morgan fingerprint density at radius 3 is 1.74 bits per heavy atom. The van der Waals surface area contributed by atoms with Gasteiger partial charge in [-0.15, -0.1) is 11.8 Å². The van der Waals surface area contributed by atoms with Crippen molar-refractivity contribution in [2.45, 2.75) is 87.6 Å². The van der Waals surface area contributed by atoms with E-state index in [1.165, 1.54) is 0 Å². The molecule has 1 aliphatic heterocycles. The van der Waals surface area contributed by atoms with E-state index in [1.807, 2.05) is 60.7 Å². The van der Waals surface area contributed by atoms with Gasteiger partial charge in [0.15, 0.2) is 0 Å². The lowest BCUT2D eigenvalue weighted by atomic mass is 10.00. The first-order valence-corrected chi connectivity index (χ1v) is 20.6. The largest absolute Gasteiger partial charge is 0.543 e. The lowest BCUT2D eigenvalue weighted by Gasteiger charge is -2.42. The van der Waals surface area contributed by atoms with E-state index in [4.69, 9.17) is 18.6 Å². The predicted molar refractivity (Wildman–Crippen MR) is 206 cm³/mol. The monoisotopic (exact) mass is 704 g/mol. The molecule has 0 amide bonds. The molecule has 5 aromatic rings. The molecule has 6 rings (SSSR count). The van der Waals surface area contributed by atoms with Crippen LogP contribution in [0.1, 0.15) is 75.2 Å². The Labute approximate surface area is 302 Å². The van der Waals surface area contributed by atoms with Gasteiger partial charge in [-0.25, -0.2) is 0 Å². The van der Waals surface area contributed by atoms with Crippen LogP contribution in [0.15, 0.2) is 126 Å². The minimum atomic E-state index is -2.11. The van der Waals surface area contributed by atoms with Gasteiger partial charge in [0.05, 0.1) is 10.1 Å². The molecule has 7 heteroatoms. The zero-order valence-electron chi connectivity index (χ0n) is 29.8. The van der Waals surface area contributed by atoms with Gasteiger partial charge < -0.3 is 23.7 Å². The normalized spacial score (nSPS) is 15.9. The molecule has 5 aromatic carbocycles. The first kappa shape index (κ1) is 35.5. The molecule has 0 radical (unpaired) electrons. The van der Waals surface area contributed by atoms with Gasteiger partial charge in [0, 0.05) is 12.1 Å². The number of hydrogen-bond donors (Lipinski definition) is 1. The zero-order chi connectivity index (χ0) is 35.3. The minimum absolute atomic E-state index is 0.0986. The number of phenolic OH excluding ortho intramolecular Hbond substituents is 1. The first-order chi connectivity index (χ1) is 24.1. The molecule has 1 aliphatic rings. The zero-order valence-corrected chi connectivity index (χ0v) is 31.7. The molecule has 0 aromatic heterocycles. The quantitative estimate of drug-likeness (QED) is 0.123. The Hall–Kier alpha value is -4.33. The molecule has 0 fully saturated rings. The van der Waals surface area contributed by atoms with E-state index in [0.29, 0.717) is 41.3 Å².